The van der Waals surface area contributed by atoms with Gasteiger partial charge in [0.1, 0.15) is 4.83 Å². The molecule has 0 aliphatic heterocycles. The molecule has 0 fully saturated rings. The van der Waals surface area contributed by atoms with Crippen molar-refractivity contribution in [3.63, 3.8) is 0 Å². The maximum Gasteiger partial charge on any atom is 0.318 e. The van der Waals surface area contributed by atoms with Gasteiger partial charge in [-0.3, -0.25) is 19.5 Å². The molecule has 0 unspecified atom stereocenters. The SMILES string of the molecule is Cc1ccc(C)c(-n2c(S[C@@H](C(=O)NC(N)=O)C(C)C)nc3sc4c(c3c2=O)CCCC4)c1. The van der Waals surface area contributed by atoms with Crippen molar-refractivity contribution in [3.8, 4) is 5.69 Å². The topological polar surface area (TPSA) is 107 Å². The maximum absolute atomic E-state index is 14.0. The average Bonchev–Trinajstić information content (AvgIpc) is 3.12. The first-order valence-electron chi connectivity index (χ1n) is 11.1. The number of nitrogens with zero attached hydrogens (tertiary/aromatic N) is 2. The van der Waals surface area contributed by atoms with Gasteiger partial charge in [0.15, 0.2) is 5.16 Å². The molecular weight excluding hydrogens is 456 g/mol. The van der Waals surface area contributed by atoms with Crippen molar-refractivity contribution in [2.24, 2.45) is 11.7 Å². The number of amides is 3. The zero-order valence-electron chi connectivity index (χ0n) is 19.2. The van der Waals surface area contributed by atoms with Gasteiger partial charge in [-0.15, -0.1) is 11.3 Å². The van der Waals surface area contributed by atoms with Crippen molar-refractivity contribution in [1.82, 2.24) is 14.9 Å². The summed E-state index contributed by atoms with van der Waals surface area (Å²) in [6.07, 6.45) is 4.05. The summed E-state index contributed by atoms with van der Waals surface area (Å²) in [4.78, 5) is 44.9. The first-order chi connectivity index (χ1) is 15.7. The van der Waals surface area contributed by atoms with Crippen molar-refractivity contribution >= 4 is 45.3 Å². The number of fused-ring (bicyclic) bond motifs is 3. The van der Waals surface area contributed by atoms with E-state index in [9.17, 15) is 14.4 Å². The Morgan fingerprint density at radius 1 is 1.21 bits per heavy atom. The predicted molar refractivity (Wildman–Crippen MR) is 134 cm³/mol. The number of aryl methyl sites for hydroxylation is 4. The average molecular weight is 485 g/mol. The van der Waals surface area contributed by atoms with E-state index in [0.717, 1.165) is 48.1 Å². The van der Waals surface area contributed by atoms with Crippen molar-refractivity contribution in [1.29, 1.82) is 0 Å². The minimum atomic E-state index is -0.896. The number of hydrogen-bond donors (Lipinski definition) is 2. The second-order valence-corrected chi connectivity index (χ2v) is 11.0. The van der Waals surface area contributed by atoms with E-state index in [0.29, 0.717) is 15.4 Å². The number of carbonyl (C=O) groups is 2. The monoisotopic (exact) mass is 484 g/mol. The summed E-state index contributed by atoms with van der Waals surface area (Å²) in [6.45, 7) is 7.72. The number of aromatic nitrogens is 2. The molecule has 174 valence electrons. The number of nitrogens with two attached hydrogens (primary N) is 1. The fraction of sp³-hybridized carbons (Fsp3) is 0.417. The lowest BCUT2D eigenvalue weighted by molar-refractivity contribution is -0.120. The highest BCUT2D eigenvalue weighted by Crippen LogP contribution is 2.37. The van der Waals surface area contributed by atoms with Gasteiger partial charge in [-0.2, -0.15) is 0 Å². The Bertz CT molecular complexity index is 1310. The van der Waals surface area contributed by atoms with Crippen LogP contribution in [0.1, 0.15) is 48.3 Å². The van der Waals surface area contributed by atoms with E-state index in [1.54, 1.807) is 15.9 Å². The maximum atomic E-state index is 14.0. The third-order valence-corrected chi connectivity index (χ3v) is 8.59. The minimum absolute atomic E-state index is 0.103. The smallest absolute Gasteiger partial charge is 0.318 e. The summed E-state index contributed by atoms with van der Waals surface area (Å²) < 4.78 is 1.64. The molecule has 1 aliphatic rings. The van der Waals surface area contributed by atoms with Crippen LogP contribution < -0.4 is 16.6 Å². The quantitative estimate of drug-likeness (QED) is 0.416. The van der Waals surface area contributed by atoms with E-state index < -0.39 is 17.2 Å². The standard InChI is InChI=1S/C24H28N4O3S2/c1-12(2)19(20(29)26-23(25)31)33-24-27-21-18(15-7-5-6-8-17(15)32-21)22(30)28(24)16-11-13(3)9-10-14(16)4/h9-12,19H,5-8H2,1-4H3,(H3,25,26,29,31)/t19-/m1/s1. The third-order valence-electron chi connectivity index (χ3n) is 5.91. The number of primary amides is 1. The van der Waals surface area contributed by atoms with Gasteiger partial charge in [0.25, 0.3) is 5.56 Å². The van der Waals surface area contributed by atoms with Crippen LogP contribution in [0.25, 0.3) is 15.9 Å². The Morgan fingerprint density at radius 2 is 1.94 bits per heavy atom. The Morgan fingerprint density at radius 3 is 2.64 bits per heavy atom. The van der Waals surface area contributed by atoms with Crippen LogP contribution in [0.2, 0.25) is 0 Å². The van der Waals surface area contributed by atoms with Crippen molar-refractivity contribution in [3.05, 3.63) is 50.1 Å². The van der Waals surface area contributed by atoms with E-state index >= 15 is 0 Å². The van der Waals surface area contributed by atoms with Crippen molar-refractivity contribution < 1.29 is 9.59 Å². The van der Waals surface area contributed by atoms with Gasteiger partial charge in [0.2, 0.25) is 5.91 Å². The largest absolute Gasteiger partial charge is 0.351 e. The van der Waals surface area contributed by atoms with E-state index in [1.165, 1.54) is 16.6 Å². The van der Waals surface area contributed by atoms with Gasteiger partial charge in [-0.05, 0) is 68.2 Å². The second kappa shape index (κ2) is 9.30. The summed E-state index contributed by atoms with van der Waals surface area (Å²) in [5.74, 6) is -0.611. The molecule has 1 aliphatic carbocycles. The van der Waals surface area contributed by atoms with Crippen LogP contribution in [0.3, 0.4) is 0 Å². The molecule has 0 saturated carbocycles. The van der Waals surface area contributed by atoms with E-state index in [4.69, 9.17) is 10.7 Å². The van der Waals surface area contributed by atoms with E-state index in [-0.39, 0.29) is 11.5 Å². The summed E-state index contributed by atoms with van der Waals surface area (Å²) in [5, 5.41) is 2.68. The Kier molecular flexibility index (Phi) is 6.63. The summed E-state index contributed by atoms with van der Waals surface area (Å²) in [6, 6.07) is 5.07. The van der Waals surface area contributed by atoms with Crippen LogP contribution in [0, 0.1) is 19.8 Å². The Labute approximate surface area is 200 Å². The fourth-order valence-electron chi connectivity index (χ4n) is 4.24. The molecule has 4 rings (SSSR count). The van der Waals surface area contributed by atoms with E-state index in [2.05, 4.69) is 5.32 Å². The highest BCUT2D eigenvalue weighted by Gasteiger charge is 2.29. The van der Waals surface area contributed by atoms with Gasteiger partial charge < -0.3 is 5.73 Å². The van der Waals surface area contributed by atoms with Crippen LogP contribution in [0.5, 0.6) is 0 Å². The van der Waals surface area contributed by atoms with Crippen LogP contribution in [0.15, 0.2) is 28.2 Å². The second-order valence-electron chi connectivity index (χ2n) is 8.85. The van der Waals surface area contributed by atoms with Gasteiger partial charge in [0, 0.05) is 4.88 Å². The fourth-order valence-corrected chi connectivity index (χ4v) is 6.64. The highest BCUT2D eigenvalue weighted by atomic mass is 32.2. The number of nitrogens with one attached hydrogen (secondary N) is 1. The number of hydrogen-bond acceptors (Lipinski definition) is 6. The molecule has 2 aromatic heterocycles. The molecule has 2 heterocycles. The summed E-state index contributed by atoms with van der Waals surface area (Å²) in [5.41, 5.74) is 8.93. The van der Waals surface area contributed by atoms with Gasteiger partial charge in [-0.25, -0.2) is 9.78 Å². The zero-order chi connectivity index (χ0) is 23.9. The summed E-state index contributed by atoms with van der Waals surface area (Å²) >= 11 is 2.78. The number of benzene rings is 1. The number of rotatable bonds is 5. The molecular formula is C24H28N4O3S2. The molecule has 3 N–H and O–H groups in total. The van der Waals surface area contributed by atoms with Crippen LogP contribution in [-0.2, 0) is 17.6 Å². The number of thioether (sulfide) groups is 1. The van der Waals surface area contributed by atoms with Gasteiger partial charge >= 0.3 is 6.03 Å². The lowest BCUT2D eigenvalue weighted by Gasteiger charge is -2.21. The van der Waals surface area contributed by atoms with Gasteiger partial charge in [0.05, 0.1) is 16.3 Å². The number of thiophene rings is 1. The Hall–Kier alpha value is -2.65. The molecule has 1 atom stereocenters. The van der Waals surface area contributed by atoms with Crippen molar-refractivity contribution in [2.45, 2.75) is 63.8 Å². The minimum Gasteiger partial charge on any atom is -0.351 e. The molecule has 3 aromatic rings. The molecule has 0 radical (unpaired) electrons. The number of urea groups is 1. The lowest BCUT2D eigenvalue weighted by Crippen LogP contribution is -2.42. The number of carbonyl (C=O) groups excluding carboxylic acids is 2. The molecule has 0 bridgehead atoms. The molecule has 33 heavy (non-hydrogen) atoms. The first-order valence-corrected chi connectivity index (χ1v) is 12.8. The molecule has 0 spiro atoms. The van der Waals surface area contributed by atoms with Crippen LogP contribution >= 0.6 is 23.1 Å². The van der Waals surface area contributed by atoms with Crippen LogP contribution in [0.4, 0.5) is 4.79 Å². The van der Waals surface area contributed by atoms with Crippen molar-refractivity contribution in [2.75, 3.05) is 0 Å². The highest BCUT2D eigenvalue weighted by molar-refractivity contribution is 8.00. The predicted octanol–water partition coefficient (Wildman–Crippen LogP) is 4.25. The zero-order valence-corrected chi connectivity index (χ0v) is 20.9. The lowest BCUT2D eigenvalue weighted by atomic mass is 9.97. The third kappa shape index (κ3) is 4.56. The molecule has 7 nitrogen and oxygen atoms in total. The van der Waals surface area contributed by atoms with Crippen LogP contribution in [-0.4, -0.2) is 26.7 Å². The molecule has 0 saturated heterocycles. The first kappa shape index (κ1) is 23.5. The molecule has 3 amide bonds. The number of imide groups is 1. The Balaban J connectivity index is 1.96. The van der Waals surface area contributed by atoms with Gasteiger partial charge in [-0.1, -0.05) is 37.7 Å². The summed E-state index contributed by atoms with van der Waals surface area (Å²) in [7, 11) is 0. The molecule has 9 heteroatoms. The normalized spacial score (nSPS) is 14.3. The van der Waals surface area contributed by atoms with E-state index in [1.807, 2.05) is 45.9 Å². The molecule has 1 aromatic carbocycles.